The van der Waals surface area contributed by atoms with Gasteiger partial charge in [-0.25, -0.2) is 0 Å². The smallest absolute Gasteiger partial charge is 0.140 e. The summed E-state index contributed by atoms with van der Waals surface area (Å²) in [6.07, 6.45) is 3.16. The number of Topliss-reactive ketones (excluding diaryl/α,β-unsaturated/α-hetero) is 1. The normalized spacial score (nSPS) is 29.0. The van der Waals surface area contributed by atoms with Gasteiger partial charge in [0.1, 0.15) is 5.78 Å². The first-order valence-electron chi connectivity index (χ1n) is 7.26. The third-order valence-electron chi connectivity index (χ3n) is 4.40. The van der Waals surface area contributed by atoms with Crippen LogP contribution in [0, 0.1) is 5.92 Å². The van der Waals surface area contributed by atoms with E-state index in [0.717, 1.165) is 36.3 Å². The number of benzene rings is 1. The average molecular weight is 345 g/mol. The average Bonchev–Trinajstić information content (AvgIpc) is 2.90. The van der Waals surface area contributed by atoms with Crippen LogP contribution >= 0.6 is 35.0 Å². The van der Waals surface area contributed by atoms with E-state index in [9.17, 15) is 4.79 Å². The number of ether oxygens (including phenoxy) is 1. The summed E-state index contributed by atoms with van der Waals surface area (Å²) in [5.41, 5.74) is 0.819. The number of carbonyl (C=O) groups is 1. The standard InChI is InChI=1S/C16H18Cl2O2S/c17-13-2-1-11(14(18)8-13)7-15(19)12-3-5-20-16(9-12)4-6-21-10-16/h1-2,8,12H,3-7,9-10H2. The Morgan fingerprint density at radius 1 is 1.43 bits per heavy atom. The van der Waals surface area contributed by atoms with Gasteiger partial charge in [0.15, 0.2) is 0 Å². The lowest BCUT2D eigenvalue weighted by Gasteiger charge is -2.37. The molecule has 2 fully saturated rings. The molecule has 0 radical (unpaired) electrons. The van der Waals surface area contributed by atoms with Crippen molar-refractivity contribution in [3.8, 4) is 0 Å². The third-order valence-corrected chi connectivity index (χ3v) is 6.21. The first kappa shape index (κ1) is 15.7. The minimum atomic E-state index is -0.0486. The first-order chi connectivity index (χ1) is 10.1. The molecule has 3 rings (SSSR count). The number of hydrogen-bond acceptors (Lipinski definition) is 3. The summed E-state index contributed by atoms with van der Waals surface area (Å²) in [4.78, 5) is 12.6. The van der Waals surface area contributed by atoms with Gasteiger partial charge in [0.2, 0.25) is 0 Å². The lowest BCUT2D eigenvalue weighted by atomic mass is 9.81. The molecular formula is C16H18Cl2O2S. The summed E-state index contributed by atoms with van der Waals surface area (Å²) < 4.78 is 5.98. The van der Waals surface area contributed by atoms with Gasteiger partial charge in [0, 0.05) is 34.7 Å². The molecule has 2 heterocycles. The summed E-state index contributed by atoms with van der Waals surface area (Å²) in [5.74, 6) is 2.55. The van der Waals surface area contributed by atoms with Gasteiger partial charge in [-0.1, -0.05) is 29.3 Å². The summed E-state index contributed by atoms with van der Waals surface area (Å²) in [6, 6.07) is 5.34. The minimum Gasteiger partial charge on any atom is -0.374 e. The Labute approximate surface area is 139 Å². The molecule has 0 amide bonds. The summed E-state index contributed by atoms with van der Waals surface area (Å²) in [6.45, 7) is 0.700. The van der Waals surface area contributed by atoms with Crippen molar-refractivity contribution < 1.29 is 9.53 Å². The van der Waals surface area contributed by atoms with Gasteiger partial charge >= 0.3 is 0 Å². The van der Waals surface area contributed by atoms with E-state index in [1.54, 1.807) is 12.1 Å². The Hall–Kier alpha value is -0.220. The third kappa shape index (κ3) is 3.58. The molecule has 114 valence electrons. The van der Waals surface area contributed by atoms with Crippen LogP contribution in [0.3, 0.4) is 0 Å². The lowest BCUT2D eigenvalue weighted by molar-refractivity contribution is -0.133. The van der Waals surface area contributed by atoms with E-state index < -0.39 is 0 Å². The molecule has 0 saturated carbocycles. The highest BCUT2D eigenvalue weighted by Gasteiger charge is 2.42. The van der Waals surface area contributed by atoms with Crippen LogP contribution < -0.4 is 0 Å². The van der Waals surface area contributed by atoms with E-state index in [1.165, 1.54) is 0 Å². The van der Waals surface area contributed by atoms with E-state index in [-0.39, 0.29) is 17.3 Å². The van der Waals surface area contributed by atoms with Crippen molar-refractivity contribution >= 4 is 40.7 Å². The molecule has 5 heteroatoms. The topological polar surface area (TPSA) is 26.3 Å². The van der Waals surface area contributed by atoms with E-state index >= 15 is 0 Å². The zero-order valence-electron chi connectivity index (χ0n) is 11.7. The molecule has 2 aliphatic rings. The molecule has 2 atom stereocenters. The second-order valence-electron chi connectivity index (χ2n) is 5.90. The van der Waals surface area contributed by atoms with Gasteiger partial charge in [-0.3, -0.25) is 4.79 Å². The lowest BCUT2D eigenvalue weighted by Crippen LogP contribution is -2.42. The summed E-state index contributed by atoms with van der Waals surface area (Å²) in [7, 11) is 0. The minimum absolute atomic E-state index is 0.0486. The maximum absolute atomic E-state index is 12.6. The van der Waals surface area contributed by atoms with Crippen molar-refractivity contribution in [2.45, 2.75) is 31.3 Å². The van der Waals surface area contributed by atoms with Crippen LogP contribution in [0.4, 0.5) is 0 Å². The van der Waals surface area contributed by atoms with Crippen molar-refractivity contribution in [1.29, 1.82) is 0 Å². The molecule has 0 bridgehead atoms. The van der Waals surface area contributed by atoms with Gasteiger partial charge in [-0.2, -0.15) is 11.8 Å². The molecule has 1 aromatic rings. The van der Waals surface area contributed by atoms with Crippen molar-refractivity contribution in [3.63, 3.8) is 0 Å². The first-order valence-corrected chi connectivity index (χ1v) is 9.17. The molecule has 0 N–H and O–H groups in total. The monoisotopic (exact) mass is 344 g/mol. The Kier molecular flexibility index (Phi) is 4.84. The Bertz CT molecular complexity index is 541. The fraction of sp³-hybridized carbons (Fsp3) is 0.562. The molecule has 1 aromatic carbocycles. The number of rotatable bonds is 3. The largest absolute Gasteiger partial charge is 0.374 e. The second-order valence-corrected chi connectivity index (χ2v) is 7.85. The molecule has 0 aromatic heterocycles. The van der Waals surface area contributed by atoms with Crippen molar-refractivity contribution in [1.82, 2.24) is 0 Å². The Balaban J connectivity index is 1.67. The van der Waals surface area contributed by atoms with Gasteiger partial charge in [0.05, 0.1) is 5.60 Å². The zero-order valence-corrected chi connectivity index (χ0v) is 14.1. The van der Waals surface area contributed by atoms with Crippen LogP contribution in [-0.4, -0.2) is 29.5 Å². The number of hydrogen-bond donors (Lipinski definition) is 0. The predicted octanol–water partition coefficient (Wildman–Crippen LogP) is 4.41. The number of thioether (sulfide) groups is 1. The number of carbonyl (C=O) groups excluding carboxylic acids is 1. The summed E-state index contributed by atoms with van der Waals surface area (Å²) >= 11 is 14.0. The molecule has 2 unspecified atom stereocenters. The van der Waals surface area contributed by atoms with Crippen molar-refractivity contribution in [3.05, 3.63) is 33.8 Å². The van der Waals surface area contributed by atoms with E-state index in [1.807, 2.05) is 17.8 Å². The Morgan fingerprint density at radius 2 is 2.29 bits per heavy atom. The SMILES string of the molecule is O=C(Cc1ccc(Cl)cc1Cl)C1CCOC2(CCSC2)C1. The van der Waals surface area contributed by atoms with Crippen LogP contribution in [0.5, 0.6) is 0 Å². The molecule has 2 saturated heterocycles. The highest BCUT2D eigenvalue weighted by molar-refractivity contribution is 7.99. The van der Waals surface area contributed by atoms with Gasteiger partial charge in [0.25, 0.3) is 0 Å². The quantitative estimate of drug-likeness (QED) is 0.812. The highest BCUT2D eigenvalue weighted by atomic mass is 35.5. The van der Waals surface area contributed by atoms with Crippen LogP contribution in [0.15, 0.2) is 18.2 Å². The molecule has 2 nitrogen and oxygen atoms in total. The van der Waals surface area contributed by atoms with Gasteiger partial charge in [-0.05, 0) is 42.7 Å². The predicted molar refractivity (Wildman–Crippen MR) is 88.5 cm³/mol. The van der Waals surface area contributed by atoms with Crippen molar-refractivity contribution in [2.24, 2.45) is 5.92 Å². The van der Waals surface area contributed by atoms with Crippen molar-refractivity contribution in [2.75, 3.05) is 18.1 Å². The maximum atomic E-state index is 12.6. The van der Waals surface area contributed by atoms with Gasteiger partial charge in [-0.15, -0.1) is 0 Å². The Morgan fingerprint density at radius 3 is 3.00 bits per heavy atom. The molecule has 21 heavy (non-hydrogen) atoms. The fourth-order valence-electron chi connectivity index (χ4n) is 3.16. The summed E-state index contributed by atoms with van der Waals surface area (Å²) in [5, 5.41) is 1.18. The number of ketones is 1. The van der Waals surface area contributed by atoms with E-state index in [0.29, 0.717) is 23.1 Å². The molecule has 1 spiro atoms. The van der Waals surface area contributed by atoms with Crippen LogP contribution in [0.2, 0.25) is 10.0 Å². The van der Waals surface area contributed by atoms with E-state index in [2.05, 4.69) is 0 Å². The highest BCUT2D eigenvalue weighted by Crippen LogP contribution is 2.41. The van der Waals surface area contributed by atoms with Gasteiger partial charge < -0.3 is 4.74 Å². The van der Waals surface area contributed by atoms with Crippen LogP contribution in [0.25, 0.3) is 0 Å². The molecule has 0 aliphatic carbocycles. The fourth-order valence-corrected chi connectivity index (χ4v) is 5.02. The maximum Gasteiger partial charge on any atom is 0.140 e. The molecular weight excluding hydrogens is 327 g/mol. The zero-order chi connectivity index (χ0) is 14.9. The second kappa shape index (κ2) is 6.49. The molecule has 2 aliphatic heterocycles. The number of halogens is 2. The van der Waals surface area contributed by atoms with E-state index in [4.69, 9.17) is 27.9 Å². The van der Waals surface area contributed by atoms with Crippen LogP contribution in [-0.2, 0) is 16.0 Å². The van der Waals surface area contributed by atoms with Crippen LogP contribution in [0.1, 0.15) is 24.8 Å².